The average Bonchev–Trinajstić information content (AvgIpc) is 2.51. The molecular weight excluding hydrogens is 258 g/mol. The summed E-state index contributed by atoms with van der Waals surface area (Å²) in [5, 5.41) is 0. The Hall–Kier alpha value is -0.800. The highest BCUT2D eigenvalue weighted by molar-refractivity contribution is 9.11. The summed E-state index contributed by atoms with van der Waals surface area (Å²) in [4.78, 5) is 1.20. The van der Waals surface area contributed by atoms with E-state index in [1.165, 1.54) is 10.4 Å². The van der Waals surface area contributed by atoms with Crippen molar-refractivity contribution in [1.29, 1.82) is 0 Å². The van der Waals surface area contributed by atoms with Crippen LogP contribution in [0.1, 0.15) is 5.56 Å². The molecule has 2 aromatic rings. The van der Waals surface area contributed by atoms with Gasteiger partial charge in [0.15, 0.2) is 0 Å². The highest BCUT2D eigenvalue weighted by Gasteiger charge is 2.04. The van der Waals surface area contributed by atoms with Crippen molar-refractivity contribution in [1.82, 2.24) is 0 Å². The van der Waals surface area contributed by atoms with Crippen molar-refractivity contribution in [2.45, 2.75) is 6.92 Å². The van der Waals surface area contributed by atoms with Gasteiger partial charge in [0, 0.05) is 16.1 Å². The molecule has 2 N–H and O–H groups in total. The van der Waals surface area contributed by atoms with Gasteiger partial charge in [0.25, 0.3) is 0 Å². The normalized spacial score (nSPS) is 10.4. The summed E-state index contributed by atoms with van der Waals surface area (Å²) >= 11 is 5.14. The standard InChI is InChI=1S/C11H10BrNS/c1-7-2-3-8(9(13)6-7)10-4-5-11(12)14-10/h2-6H,13H2,1H3. The molecule has 0 spiro atoms. The highest BCUT2D eigenvalue weighted by Crippen LogP contribution is 2.34. The zero-order valence-corrected chi connectivity index (χ0v) is 10.2. The minimum atomic E-state index is 0.847. The van der Waals surface area contributed by atoms with Crippen LogP contribution in [-0.2, 0) is 0 Å². The minimum absolute atomic E-state index is 0.847. The van der Waals surface area contributed by atoms with E-state index in [1.54, 1.807) is 11.3 Å². The first kappa shape index (κ1) is 9.74. The molecule has 1 aromatic carbocycles. The fourth-order valence-corrected chi connectivity index (χ4v) is 2.80. The predicted molar refractivity (Wildman–Crippen MR) is 66.6 cm³/mol. The molecule has 3 heteroatoms. The van der Waals surface area contributed by atoms with Crippen LogP contribution in [0.25, 0.3) is 10.4 Å². The Morgan fingerprint density at radius 3 is 2.57 bits per heavy atom. The van der Waals surface area contributed by atoms with E-state index < -0.39 is 0 Å². The van der Waals surface area contributed by atoms with Crippen molar-refractivity contribution in [2.75, 3.05) is 5.73 Å². The van der Waals surface area contributed by atoms with Gasteiger partial charge < -0.3 is 5.73 Å². The molecule has 1 nitrogen and oxygen atoms in total. The second kappa shape index (κ2) is 3.75. The molecule has 1 aromatic heterocycles. The molecule has 72 valence electrons. The lowest BCUT2D eigenvalue weighted by atomic mass is 10.1. The monoisotopic (exact) mass is 267 g/mol. The first-order chi connectivity index (χ1) is 6.66. The van der Waals surface area contributed by atoms with E-state index in [4.69, 9.17) is 5.73 Å². The molecule has 1 heterocycles. The third kappa shape index (κ3) is 1.83. The van der Waals surface area contributed by atoms with Crippen LogP contribution < -0.4 is 5.73 Å². The fraction of sp³-hybridized carbons (Fsp3) is 0.0909. The second-order valence-electron chi connectivity index (χ2n) is 3.19. The molecule has 0 radical (unpaired) electrons. The molecule has 0 aliphatic carbocycles. The van der Waals surface area contributed by atoms with Crippen molar-refractivity contribution >= 4 is 33.0 Å². The third-order valence-corrected chi connectivity index (χ3v) is 3.70. The Kier molecular flexibility index (Phi) is 2.61. The van der Waals surface area contributed by atoms with Crippen molar-refractivity contribution in [3.05, 3.63) is 39.7 Å². The lowest BCUT2D eigenvalue weighted by Crippen LogP contribution is -1.88. The van der Waals surface area contributed by atoms with Crippen LogP contribution in [-0.4, -0.2) is 0 Å². The van der Waals surface area contributed by atoms with Crippen LogP contribution in [0.2, 0.25) is 0 Å². The molecule has 0 aliphatic rings. The van der Waals surface area contributed by atoms with Gasteiger partial charge in [-0.3, -0.25) is 0 Å². The number of nitrogen functional groups attached to an aromatic ring is 1. The van der Waals surface area contributed by atoms with Gasteiger partial charge in [-0.25, -0.2) is 0 Å². The number of benzene rings is 1. The van der Waals surface area contributed by atoms with Crippen LogP contribution in [0.5, 0.6) is 0 Å². The number of thiophene rings is 1. The third-order valence-electron chi connectivity index (χ3n) is 2.05. The Morgan fingerprint density at radius 2 is 2.00 bits per heavy atom. The summed E-state index contributed by atoms with van der Waals surface area (Å²) < 4.78 is 1.13. The summed E-state index contributed by atoms with van der Waals surface area (Å²) in [6, 6.07) is 10.3. The molecule has 0 fully saturated rings. The van der Waals surface area contributed by atoms with Crippen LogP contribution in [0.3, 0.4) is 0 Å². The summed E-state index contributed by atoms with van der Waals surface area (Å²) in [5.41, 5.74) is 9.11. The molecule has 0 amide bonds. The van der Waals surface area contributed by atoms with E-state index in [0.29, 0.717) is 0 Å². The molecule has 0 unspecified atom stereocenters. The van der Waals surface area contributed by atoms with E-state index in [-0.39, 0.29) is 0 Å². The Balaban J connectivity index is 2.52. The van der Waals surface area contributed by atoms with Crippen LogP contribution in [0.15, 0.2) is 34.1 Å². The smallest absolute Gasteiger partial charge is 0.0705 e. The maximum Gasteiger partial charge on any atom is 0.0705 e. The van der Waals surface area contributed by atoms with Gasteiger partial charge >= 0.3 is 0 Å². The van der Waals surface area contributed by atoms with E-state index >= 15 is 0 Å². The van der Waals surface area contributed by atoms with Crippen LogP contribution in [0.4, 0.5) is 5.69 Å². The van der Waals surface area contributed by atoms with Crippen LogP contribution in [0, 0.1) is 6.92 Å². The number of nitrogens with two attached hydrogens (primary N) is 1. The van der Waals surface area contributed by atoms with Crippen molar-refractivity contribution in [3.8, 4) is 10.4 Å². The van der Waals surface area contributed by atoms with Crippen molar-refractivity contribution in [2.24, 2.45) is 0 Å². The zero-order chi connectivity index (χ0) is 10.1. The Labute approximate surface area is 95.7 Å². The SMILES string of the molecule is Cc1ccc(-c2ccc(Br)s2)c(N)c1. The van der Waals surface area contributed by atoms with Gasteiger partial charge in [-0.15, -0.1) is 11.3 Å². The molecule has 0 saturated carbocycles. The first-order valence-corrected chi connectivity index (χ1v) is 5.89. The molecule has 14 heavy (non-hydrogen) atoms. The first-order valence-electron chi connectivity index (χ1n) is 4.28. The molecule has 0 saturated heterocycles. The van der Waals surface area contributed by atoms with Gasteiger partial charge in [-0.05, 0) is 46.6 Å². The number of hydrogen-bond donors (Lipinski definition) is 1. The highest BCUT2D eigenvalue weighted by atomic mass is 79.9. The fourth-order valence-electron chi connectivity index (χ4n) is 1.37. The lowest BCUT2D eigenvalue weighted by Gasteiger charge is -2.03. The van der Waals surface area contributed by atoms with E-state index in [0.717, 1.165) is 15.0 Å². The minimum Gasteiger partial charge on any atom is -0.398 e. The maximum atomic E-state index is 5.95. The van der Waals surface area contributed by atoms with Gasteiger partial charge in [-0.2, -0.15) is 0 Å². The topological polar surface area (TPSA) is 26.0 Å². The zero-order valence-electron chi connectivity index (χ0n) is 7.75. The van der Waals surface area contributed by atoms with Gasteiger partial charge in [0.2, 0.25) is 0 Å². The quantitative estimate of drug-likeness (QED) is 0.775. The number of hydrogen-bond acceptors (Lipinski definition) is 2. The number of anilines is 1. The Morgan fingerprint density at radius 1 is 1.21 bits per heavy atom. The molecule has 0 bridgehead atoms. The Bertz CT molecular complexity index is 462. The molecule has 0 aliphatic heterocycles. The van der Waals surface area contributed by atoms with E-state index in [1.807, 2.05) is 19.1 Å². The maximum absolute atomic E-state index is 5.95. The predicted octanol–water partition coefficient (Wildman–Crippen LogP) is 4.07. The summed E-state index contributed by atoms with van der Waals surface area (Å²) in [5.74, 6) is 0. The largest absolute Gasteiger partial charge is 0.398 e. The average molecular weight is 268 g/mol. The van der Waals surface area contributed by atoms with Crippen molar-refractivity contribution in [3.63, 3.8) is 0 Å². The molecule has 2 rings (SSSR count). The second-order valence-corrected chi connectivity index (χ2v) is 5.66. The molecular formula is C11H10BrNS. The van der Waals surface area contributed by atoms with Gasteiger partial charge in [-0.1, -0.05) is 12.1 Å². The number of rotatable bonds is 1. The summed E-state index contributed by atoms with van der Waals surface area (Å²) in [7, 11) is 0. The molecule has 0 atom stereocenters. The lowest BCUT2D eigenvalue weighted by molar-refractivity contribution is 1.48. The van der Waals surface area contributed by atoms with Crippen LogP contribution >= 0.6 is 27.3 Å². The van der Waals surface area contributed by atoms with Gasteiger partial charge in [0.1, 0.15) is 0 Å². The van der Waals surface area contributed by atoms with Crippen molar-refractivity contribution < 1.29 is 0 Å². The van der Waals surface area contributed by atoms with E-state index in [9.17, 15) is 0 Å². The summed E-state index contributed by atoms with van der Waals surface area (Å²) in [6.07, 6.45) is 0. The van der Waals surface area contributed by atoms with Gasteiger partial charge in [0.05, 0.1) is 3.79 Å². The van der Waals surface area contributed by atoms with E-state index in [2.05, 4.69) is 34.1 Å². The number of halogens is 1. The summed E-state index contributed by atoms with van der Waals surface area (Å²) in [6.45, 7) is 2.05. The number of aryl methyl sites for hydroxylation is 1.